The van der Waals surface area contributed by atoms with Crippen molar-refractivity contribution in [1.29, 1.82) is 0 Å². The van der Waals surface area contributed by atoms with Gasteiger partial charge in [-0.15, -0.1) is 0 Å². The van der Waals surface area contributed by atoms with Gasteiger partial charge in [0.2, 0.25) is 0 Å². The highest BCUT2D eigenvalue weighted by molar-refractivity contribution is 4.91. The Bertz CT molecular complexity index is 279. The molecule has 0 unspecified atom stereocenters. The number of hydrogen-bond donors (Lipinski definition) is 0. The van der Waals surface area contributed by atoms with Gasteiger partial charge in [-0.2, -0.15) is 0 Å². The van der Waals surface area contributed by atoms with Gasteiger partial charge in [0.1, 0.15) is 0 Å². The third kappa shape index (κ3) is 4.44. The molecule has 1 aliphatic heterocycles. The van der Waals surface area contributed by atoms with Crippen LogP contribution in [0.25, 0.3) is 0 Å². The Hall–Kier alpha value is -0.120. The Morgan fingerprint density at radius 1 is 1.10 bits per heavy atom. The number of ether oxygens (including phenoxy) is 1. The highest BCUT2D eigenvalue weighted by atomic mass is 16.5. The van der Waals surface area contributed by atoms with E-state index >= 15 is 0 Å². The molecule has 0 aromatic rings. The fourth-order valence-corrected chi connectivity index (χ4v) is 3.63. The van der Waals surface area contributed by atoms with Crippen molar-refractivity contribution < 1.29 is 4.74 Å². The van der Waals surface area contributed by atoms with Crippen LogP contribution in [0.3, 0.4) is 0 Å². The minimum Gasteiger partial charge on any atom is -0.375 e. The Kier molecular flexibility index (Phi) is 5.88. The first-order chi connectivity index (χ1) is 9.45. The maximum atomic E-state index is 5.92. The molecule has 2 rings (SSSR count). The molecule has 0 N–H and O–H groups in total. The molecule has 3 nitrogen and oxygen atoms in total. The van der Waals surface area contributed by atoms with E-state index in [4.69, 9.17) is 4.74 Å². The summed E-state index contributed by atoms with van der Waals surface area (Å²) in [6.07, 6.45) is 6.11. The third-order valence-corrected chi connectivity index (χ3v) is 4.97. The van der Waals surface area contributed by atoms with Crippen LogP contribution in [0.2, 0.25) is 0 Å². The van der Waals surface area contributed by atoms with Crippen molar-refractivity contribution in [3.63, 3.8) is 0 Å². The standard InChI is InChI=1S/C17H34N2O/c1-13(2)19(12-15-6-8-18(5)9-7-15)16-10-17(11-16)20-14(3)4/h13-17H,6-12H2,1-5H3/t16-,17-. The molecule has 1 saturated heterocycles. The van der Waals surface area contributed by atoms with E-state index in [0.717, 1.165) is 12.0 Å². The summed E-state index contributed by atoms with van der Waals surface area (Å²) < 4.78 is 5.92. The summed E-state index contributed by atoms with van der Waals surface area (Å²) in [4.78, 5) is 5.21. The number of hydrogen-bond acceptors (Lipinski definition) is 3. The SMILES string of the molecule is CC(C)O[C@H]1C[C@H](N(CC2CCN(C)CC2)C(C)C)C1. The van der Waals surface area contributed by atoms with Crippen LogP contribution in [0.1, 0.15) is 53.4 Å². The molecule has 3 heteroatoms. The Morgan fingerprint density at radius 2 is 1.70 bits per heavy atom. The number of likely N-dealkylation sites (tertiary alicyclic amines) is 1. The van der Waals surface area contributed by atoms with Gasteiger partial charge in [0, 0.05) is 18.6 Å². The minimum atomic E-state index is 0.377. The van der Waals surface area contributed by atoms with Crippen molar-refractivity contribution in [2.75, 3.05) is 26.7 Å². The molecule has 0 spiro atoms. The zero-order chi connectivity index (χ0) is 14.7. The topological polar surface area (TPSA) is 15.7 Å². The van der Waals surface area contributed by atoms with Gasteiger partial charge in [-0.25, -0.2) is 0 Å². The Morgan fingerprint density at radius 3 is 2.20 bits per heavy atom. The van der Waals surface area contributed by atoms with E-state index in [2.05, 4.69) is 44.5 Å². The van der Waals surface area contributed by atoms with Crippen LogP contribution in [-0.4, -0.2) is 60.8 Å². The lowest BCUT2D eigenvalue weighted by molar-refractivity contribution is -0.0858. The largest absolute Gasteiger partial charge is 0.375 e. The molecule has 0 amide bonds. The maximum absolute atomic E-state index is 5.92. The van der Waals surface area contributed by atoms with Gasteiger partial charge in [-0.3, -0.25) is 4.90 Å². The third-order valence-electron chi connectivity index (χ3n) is 4.97. The molecule has 1 heterocycles. The molecule has 2 aliphatic rings. The van der Waals surface area contributed by atoms with Crippen LogP contribution in [0.5, 0.6) is 0 Å². The summed E-state index contributed by atoms with van der Waals surface area (Å²) in [7, 11) is 2.25. The second-order valence-electron chi connectivity index (χ2n) is 7.47. The van der Waals surface area contributed by atoms with E-state index in [0.29, 0.717) is 18.2 Å². The second kappa shape index (κ2) is 7.24. The molecular formula is C17H34N2O. The first-order valence-electron chi connectivity index (χ1n) is 8.55. The van der Waals surface area contributed by atoms with Crippen LogP contribution in [-0.2, 0) is 4.74 Å². The van der Waals surface area contributed by atoms with Crippen LogP contribution >= 0.6 is 0 Å². The van der Waals surface area contributed by atoms with E-state index in [1.54, 1.807) is 0 Å². The van der Waals surface area contributed by atoms with Crippen LogP contribution in [0, 0.1) is 5.92 Å². The highest BCUT2D eigenvalue weighted by Gasteiger charge is 2.36. The summed E-state index contributed by atoms with van der Waals surface area (Å²) in [6, 6.07) is 1.43. The lowest BCUT2D eigenvalue weighted by Crippen LogP contribution is -2.53. The summed E-state index contributed by atoms with van der Waals surface area (Å²) in [5.74, 6) is 0.902. The molecule has 0 radical (unpaired) electrons. The quantitative estimate of drug-likeness (QED) is 0.745. The fourth-order valence-electron chi connectivity index (χ4n) is 3.63. The minimum absolute atomic E-state index is 0.377. The summed E-state index contributed by atoms with van der Waals surface area (Å²) in [5, 5.41) is 0. The molecule has 118 valence electrons. The predicted octanol–water partition coefficient (Wildman–Crippen LogP) is 2.99. The second-order valence-corrected chi connectivity index (χ2v) is 7.47. The molecule has 2 fully saturated rings. The molecule has 1 saturated carbocycles. The van der Waals surface area contributed by atoms with Gasteiger partial charge >= 0.3 is 0 Å². The molecule has 0 aromatic heterocycles. The zero-order valence-electron chi connectivity index (χ0n) is 14.1. The molecule has 1 aliphatic carbocycles. The lowest BCUT2D eigenvalue weighted by Gasteiger charge is -2.47. The van der Waals surface area contributed by atoms with Crippen molar-refractivity contribution in [3.8, 4) is 0 Å². The van der Waals surface area contributed by atoms with Crippen LogP contribution < -0.4 is 0 Å². The zero-order valence-corrected chi connectivity index (χ0v) is 14.1. The van der Waals surface area contributed by atoms with Gasteiger partial charge in [0.05, 0.1) is 12.2 Å². The Balaban J connectivity index is 1.77. The fraction of sp³-hybridized carbons (Fsp3) is 1.00. The molecule has 20 heavy (non-hydrogen) atoms. The van der Waals surface area contributed by atoms with E-state index in [9.17, 15) is 0 Å². The summed E-state index contributed by atoms with van der Waals surface area (Å²) >= 11 is 0. The Labute approximate surface area is 125 Å². The van der Waals surface area contributed by atoms with Gasteiger partial charge in [-0.05, 0) is 79.4 Å². The van der Waals surface area contributed by atoms with Crippen molar-refractivity contribution in [2.45, 2.75) is 77.7 Å². The average molecular weight is 282 g/mol. The average Bonchev–Trinajstić information content (AvgIpc) is 2.32. The first-order valence-corrected chi connectivity index (χ1v) is 8.55. The van der Waals surface area contributed by atoms with E-state index in [-0.39, 0.29) is 0 Å². The molecule has 0 bridgehead atoms. The molecular weight excluding hydrogens is 248 g/mol. The van der Waals surface area contributed by atoms with Crippen molar-refractivity contribution in [1.82, 2.24) is 9.80 Å². The number of piperidine rings is 1. The number of rotatable bonds is 6. The first kappa shape index (κ1) is 16.3. The maximum Gasteiger partial charge on any atom is 0.0608 e. The lowest BCUT2D eigenvalue weighted by atomic mass is 9.85. The molecule has 0 aromatic carbocycles. The summed E-state index contributed by atoms with van der Waals surface area (Å²) in [5.41, 5.74) is 0. The van der Waals surface area contributed by atoms with Gasteiger partial charge in [-0.1, -0.05) is 0 Å². The van der Waals surface area contributed by atoms with Crippen molar-refractivity contribution >= 4 is 0 Å². The van der Waals surface area contributed by atoms with Crippen molar-refractivity contribution in [3.05, 3.63) is 0 Å². The number of nitrogens with zero attached hydrogens (tertiary/aromatic N) is 2. The van der Waals surface area contributed by atoms with E-state index < -0.39 is 0 Å². The van der Waals surface area contributed by atoms with Gasteiger partial charge in [0.15, 0.2) is 0 Å². The monoisotopic (exact) mass is 282 g/mol. The predicted molar refractivity (Wildman–Crippen MR) is 85.1 cm³/mol. The molecule has 0 atom stereocenters. The van der Waals surface area contributed by atoms with Crippen LogP contribution in [0.15, 0.2) is 0 Å². The van der Waals surface area contributed by atoms with Crippen LogP contribution in [0.4, 0.5) is 0 Å². The normalized spacial score (nSPS) is 29.4. The van der Waals surface area contributed by atoms with Gasteiger partial charge < -0.3 is 9.64 Å². The smallest absolute Gasteiger partial charge is 0.0608 e. The van der Waals surface area contributed by atoms with E-state index in [1.807, 2.05) is 0 Å². The van der Waals surface area contributed by atoms with Crippen molar-refractivity contribution in [2.24, 2.45) is 5.92 Å². The highest BCUT2D eigenvalue weighted by Crippen LogP contribution is 2.32. The van der Waals surface area contributed by atoms with E-state index in [1.165, 1.54) is 45.3 Å². The summed E-state index contributed by atoms with van der Waals surface area (Å²) in [6.45, 7) is 12.8. The van der Waals surface area contributed by atoms with Gasteiger partial charge in [0.25, 0.3) is 0 Å².